The van der Waals surface area contributed by atoms with Gasteiger partial charge < -0.3 is 0 Å². The van der Waals surface area contributed by atoms with Gasteiger partial charge in [0.15, 0.2) is 0 Å². The topological polar surface area (TPSA) is 0 Å². The van der Waals surface area contributed by atoms with E-state index in [2.05, 4.69) is 20.8 Å². The van der Waals surface area contributed by atoms with Gasteiger partial charge in [0.05, 0.1) is 0 Å². The van der Waals surface area contributed by atoms with Gasteiger partial charge in [-0.3, -0.25) is 0 Å². The summed E-state index contributed by atoms with van der Waals surface area (Å²) in [4.78, 5) is 0. The second-order valence-corrected chi connectivity index (χ2v) is 4.93. The van der Waals surface area contributed by atoms with Crippen molar-refractivity contribution in [2.45, 2.75) is 59.3 Å². The molecule has 2 unspecified atom stereocenters. The molecule has 0 radical (unpaired) electrons. The number of unbranched alkanes of at least 4 members (excludes halogenated alkanes) is 1. The van der Waals surface area contributed by atoms with Crippen molar-refractivity contribution in [1.82, 2.24) is 0 Å². The SMILES string of the molecule is CCCCC1CC(C)C[C@H](C)C1. The van der Waals surface area contributed by atoms with Crippen LogP contribution in [0.1, 0.15) is 59.3 Å². The molecule has 1 aliphatic carbocycles. The van der Waals surface area contributed by atoms with E-state index in [1.807, 2.05) is 0 Å². The highest BCUT2D eigenvalue weighted by Crippen LogP contribution is 2.35. The average Bonchev–Trinajstić information content (AvgIpc) is 1.99. The Hall–Kier alpha value is 0. The fraction of sp³-hybridized carbons (Fsp3) is 1.00. The average molecular weight is 168 g/mol. The van der Waals surface area contributed by atoms with Crippen molar-refractivity contribution in [3.8, 4) is 0 Å². The minimum Gasteiger partial charge on any atom is -0.0654 e. The highest BCUT2D eigenvalue weighted by atomic mass is 14.3. The van der Waals surface area contributed by atoms with Crippen LogP contribution in [0.2, 0.25) is 0 Å². The molecule has 1 rings (SSSR count). The first-order valence-corrected chi connectivity index (χ1v) is 5.72. The summed E-state index contributed by atoms with van der Waals surface area (Å²) < 4.78 is 0. The van der Waals surface area contributed by atoms with Crippen LogP contribution in [-0.4, -0.2) is 0 Å². The van der Waals surface area contributed by atoms with Crippen LogP contribution < -0.4 is 0 Å². The van der Waals surface area contributed by atoms with E-state index < -0.39 is 0 Å². The van der Waals surface area contributed by atoms with Crippen LogP contribution in [0.4, 0.5) is 0 Å². The molecule has 0 spiro atoms. The largest absolute Gasteiger partial charge is 0.0654 e. The third kappa shape index (κ3) is 3.16. The van der Waals surface area contributed by atoms with Crippen molar-refractivity contribution in [3.05, 3.63) is 0 Å². The molecule has 0 aromatic carbocycles. The van der Waals surface area contributed by atoms with Crippen LogP contribution in [0, 0.1) is 17.8 Å². The highest BCUT2D eigenvalue weighted by Gasteiger charge is 2.22. The Kier molecular flexibility index (Phi) is 4.11. The second-order valence-electron chi connectivity index (χ2n) is 4.93. The summed E-state index contributed by atoms with van der Waals surface area (Å²) in [6.45, 7) is 7.15. The first-order chi connectivity index (χ1) is 5.72. The van der Waals surface area contributed by atoms with Crippen molar-refractivity contribution in [2.75, 3.05) is 0 Å². The molecule has 72 valence electrons. The smallest absolute Gasteiger partial charge is 0.0409 e. The van der Waals surface area contributed by atoms with Gasteiger partial charge in [0.1, 0.15) is 0 Å². The first kappa shape index (κ1) is 10.1. The summed E-state index contributed by atoms with van der Waals surface area (Å²) >= 11 is 0. The van der Waals surface area contributed by atoms with Gasteiger partial charge in [-0.25, -0.2) is 0 Å². The molecule has 0 aromatic rings. The van der Waals surface area contributed by atoms with Crippen LogP contribution in [0.25, 0.3) is 0 Å². The normalized spacial score (nSPS) is 36.8. The third-order valence-corrected chi connectivity index (χ3v) is 3.24. The molecule has 0 bridgehead atoms. The van der Waals surface area contributed by atoms with E-state index in [1.165, 1.54) is 38.5 Å². The molecular weight excluding hydrogens is 144 g/mol. The Balaban J connectivity index is 2.24. The van der Waals surface area contributed by atoms with Gasteiger partial charge in [0.2, 0.25) is 0 Å². The van der Waals surface area contributed by atoms with Crippen LogP contribution in [0.3, 0.4) is 0 Å². The lowest BCUT2D eigenvalue weighted by Gasteiger charge is -2.31. The molecule has 0 aliphatic heterocycles. The monoisotopic (exact) mass is 168 g/mol. The molecule has 0 nitrogen and oxygen atoms in total. The summed E-state index contributed by atoms with van der Waals surface area (Å²) in [5, 5.41) is 0. The summed E-state index contributed by atoms with van der Waals surface area (Å²) in [5.74, 6) is 3.05. The van der Waals surface area contributed by atoms with Crippen molar-refractivity contribution < 1.29 is 0 Å². The molecule has 1 saturated carbocycles. The van der Waals surface area contributed by atoms with E-state index in [9.17, 15) is 0 Å². The summed E-state index contributed by atoms with van der Waals surface area (Å²) in [6, 6.07) is 0. The predicted molar refractivity (Wildman–Crippen MR) is 55.2 cm³/mol. The summed E-state index contributed by atoms with van der Waals surface area (Å²) in [5.41, 5.74) is 0. The van der Waals surface area contributed by atoms with Crippen LogP contribution in [0.5, 0.6) is 0 Å². The van der Waals surface area contributed by atoms with E-state index in [1.54, 1.807) is 0 Å². The van der Waals surface area contributed by atoms with E-state index in [4.69, 9.17) is 0 Å². The lowest BCUT2D eigenvalue weighted by Crippen LogP contribution is -2.19. The van der Waals surface area contributed by atoms with E-state index in [-0.39, 0.29) is 0 Å². The standard InChI is InChI=1S/C12H24/c1-4-5-6-12-8-10(2)7-11(3)9-12/h10-12H,4-9H2,1-3H3/t10-,11?,12?/m0/s1. The lowest BCUT2D eigenvalue weighted by atomic mass is 9.75. The maximum absolute atomic E-state index is 2.43. The van der Waals surface area contributed by atoms with Crippen molar-refractivity contribution in [1.29, 1.82) is 0 Å². The minimum atomic E-state index is 0.996. The van der Waals surface area contributed by atoms with Crippen molar-refractivity contribution in [2.24, 2.45) is 17.8 Å². The van der Waals surface area contributed by atoms with Gasteiger partial charge >= 0.3 is 0 Å². The summed E-state index contributed by atoms with van der Waals surface area (Å²) in [6.07, 6.45) is 8.80. The molecule has 0 heteroatoms. The number of hydrogen-bond acceptors (Lipinski definition) is 0. The Bertz CT molecular complexity index is 107. The fourth-order valence-electron chi connectivity index (χ4n) is 2.84. The molecule has 0 amide bonds. The zero-order chi connectivity index (χ0) is 8.97. The predicted octanol–water partition coefficient (Wildman–Crippen LogP) is 4.25. The van der Waals surface area contributed by atoms with Gasteiger partial charge in [-0.05, 0) is 37.0 Å². The number of hydrogen-bond donors (Lipinski definition) is 0. The highest BCUT2D eigenvalue weighted by molar-refractivity contribution is 4.74. The quantitative estimate of drug-likeness (QED) is 0.591. The van der Waals surface area contributed by atoms with Crippen molar-refractivity contribution >= 4 is 0 Å². The number of rotatable bonds is 3. The Labute approximate surface area is 77.7 Å². The molecule has 0 heterocycles. The molecular formula is C12H24. The first-order valence-electron chi connectivity index (χ1n) is 5.72. The molecule has 1 fully saturated rings. The van der Waals surface area contributed by atoms with Gasteiger partial charge in [0.25, 0.3) is 0 Å². The Morgan fingerprint density at radius 2 is 1.58 bits per heavy atom. The Morgan fingerprint density at radius 1 is 1.00 bits per heavy atom. The van der Waals surface area contributed by atoms with Crippen LogP contribution >= 0.6 is 0 Å². The lowest BCUT2D eigenvalue weighted by molar-refractivity contribution is 0.207. The van der Waals surface area contributed by atoms with Crippen molar-refractivity contribution in [3.63, 3.8) is 0 Å². The van der Waals surface area contributed by atoms with Crippen LogP contribution in [0.15, 0.2) is 0 Å². The Morgan fingerprint density at radius 3 is 2.08 bits per heavy atom. The maximum atomic E-state index is 2.43. The molecule has 0 saturated heterocycles. The zero-order valence-electron chi connectivity index (χ0n) is 8.97. The fourth-order valence-corrected chi connectivity index (χ4v) is 2.84. The maximum Gasteiger partial charge on any atom is -0.0409 e. The molecule has 1 aliphatic rings. The van der Waals surface area contributed by atoms with E-state index in [0.717, 1.165) is 17.8 Å². The molecule has 12 heavy (non-hydrogen) atoms. The third-order valence-electron chi connectivity index (χ3n) is 3.24. The molecule has 0 aromatic heterocycles. The van der Waals surface area contributed by atoms with E-state index in [0.29, 0.717) is 0 Å². The van der Waals surface area contributed by atoms with Gasteiger partial charge in [0, 0.05) is 0 Å². The minimum absolute atomic E-state index is 0.996. The van der Waals surface area contributed by atoms with Gasteiger partial charge in [-0.15, -0.1) is 0 Å². The molecule has 3 atom stereocenters. The van der Waals surface area contributed by atoms with E-state index >= 15 is 0 Å². The second kappa shape index (κ2) is 4.89. The van der Waals surface area contributed by atoms with Crippen LogP contribution in [-0.2, 0) is 0 Å². The zero-order valence-corrected chi connectivity index (χ0v) is 8.97. The summed E-state index contributed by atoms with van der Waals surface area (Å²) in [7, 11) is 0. The van der Waals surface area contributed by atoms with Gasteiger partial charge in [-0.1, -0.05) is 40.0 Å². The van der Waals surface area contributed by atoms with Gasteiger partial charge in [-0.2, -0.15) is 0 Å². The molecule has 0 N–H and O–H groups in total.